The van der Waals surface area contributed by atoms with Gasteiger partial charge in [0.1, 0.15) is 5.54 Å². The first-order valence-corrected chi connectivity index (χ1v) is 18.5. The summed E-state index contributed by atoms with van der Waals surface area (Å²) in [5.74, 6) is 0. The topological polar surface area (TPSA) is 77.1 Å². The molecule has 7 heteroatoms. The normalized spacial score (nSPS) is 12.7. The number of hydrogen-bond acceptors (Lipinski definition) is 4. The molecule has 0 spiro atoms. The van der Waals surface area contributed by atoms with Crippen LogP contribution < -0.4 is 0 Å². The molecule has 1 unspecified atom stereocenters. The molecule has 0 aliphatic heterocycles. The molecule has 0 radical (unpaired) electrons. The zero-order valence-corrected chi connectivity index (χ0v) is 29.0. The number of nitrogens with zero attached hydrogens (tertiary/aromatic N) is 3. The Morgan fingerprint density at radius 3 is 1.82 bits per heavy atom. The SMILES string of the molecule is Cc1ccc(S(=O)(=O)n2c3ccccc3c3ccc(C(O)CCc4cn(C(c5ccccc5)(c5ccccc5)c5ccccc5)cn4)cc32)cc1. The van der Waals surface area contributed by atoms with E-state index in [0.717, 1.165) is 38.7 Å². The Balaban J connectivity index is 1.15. The van der Waals surface area contributed by atoms with Crippen LogP contribution >= 0.6 is 0 Å². The number of para-hydroxylation sites is 1. The fourth-order valence-corrected chi connectivity index (χ4v) is 8.87. The summed E-state index contributed by atoms with van der Waals surface area (Å²) < 4.78 is 31.8. The van der Waals surface area contributed by atoms with Crippen molar-refractivity contribution in [3.05, 3.63) is 204 Å². The molecule has 2 aromatic heterocycles. The highest BCUT2D eigenvalue weighted by Crippen LogP contribution is 2.41. The molecule has 1 atom stereocenters. The van der Waals surface area contributed by atoms with Crippen molar-refractivity contribution >= 4 is 31.8 Å². The number of fused-ring (bicyclic) bond motifs is 3. The summed E-state index contributed by atoms with van der Waals surface area (Å²) in [6.07, 6.45) is 4.05. The largest absolute Gasteiger partial charge is 0.388 e. The van der Waals surface area contributed by atoms with Crippen LogP contribution in [0, 0.1) is 6.92 Å². The minimum atomic E-state index is -3.92. The molecular weight excluding hydrogens is 651 g/mol. The van der Waals surface area contributed by atoms with E-state index in [4.69, 9.17) is 4.98 Å². The molecule has 2 heterocycles. The molecule has 51 heavy (non-hydrogen) atoms. The van der Waals surface area contributed by atoms with Crippen LogP contribution in [-0.4, -0.2) is 27.0 Å². The molecule has 1 N–H and O–H groups in total. The molecule has 0 saturated carbocycles. The van der Waals surface area contributed by atoms with E-state index in [1.165, 1.54) is 3.97 Å². The van der Waals surface area contributed by atoms with Crippen LogP contribution in [0.4, 0.5) is 0 Å². The molecular formula is C44H37N3O3S. The van der Waals surface area contributed by atoms with E-state index in [9.17, 15) is 13.5 Å². The fraction of sp³-hybridized carbons (Fsp3) is 0.114. The van der Waals surface area contributed by atoms with Crippen molar-refractivity contribution in [1.82, 2.24) is 13.5 Å². The number of aliphatic hydroxyl groups is 1. The summed E-state index contributed by atoms with van der Waals surface area (Å²) in [6.45, 7) is 1.93. The average molecular weight is 688 g/mol. The highest BCUT2D eigenvalue weighted by molar-refractivity contribution is 7.90. The Labute approximate surface area is 298 Å². The minimum absolute atomic E-state index is 0.217. The Bertz CT molecular complexity index is 2460. The van der Waals surface area contributed by atoms with E-state index < -0.39 is 21.7 Å². The zero-order chi connectivity index (χ0) is 35.0. The summed E-state index contributed by atoms with van der Waals surface area (Å²) in [5.41, 5.74) is 6.27. The summed E-state index contributed by atoms with van der Waals surface area (Å²) in [6, 6.07) is 51.4. The lowest BCUT2D eigenvalue weighted by Crippen LogP contribution is -2.36. The highest BCUT2D eigenvalue weighted by atomic mass is 32.2. The van der Waals surface area contributed by atoms with Gasteiger partial charge in [-0.05, 0) is 66.3 Å². The van der Waals surface area contributed by atoms with Crippen LogP contribution in [-0.2, 0) is 22.0 Å². The molecule has 0 fully saturated rings. The van der Waals surface area contributed by atoms with E-state index in [1.807, 2.05) is 73.9 Å². The summed E-state index contributed by atoms with van der Waals surface area (Å²) in [5, 5.41) is 13.2. The minimum Gasteiger partial charge on any atom is -0.388 e. The van der Waals surface area contributed by atoms with Crippen molar-refractivity contribution in [1.29, 1.82) is 0 Å². The van der Waals surface area contributed by atoms with Crippen molar-refractivity contribution in [2.45, 2.75) is 36.3 Å². The summed E-state index contributed by atoms with van der Waals surface area (Å²) in [4.78, 5) is 5.08. The van der Waals surface area contributed by atoms with Gasteiger partial charge in [0.15, 0.2) is 0 Å². The number of rotatable bonds is 10. The summed E-state index contributed by atoms with van der Waals surface area (Å²) in [7, 11) is -3.92. The van der Waals surface area contributed by atoms with Crippen LogP contribution in [0.3, 0.4) is 0 Å². The second kappa shape index (κ2) is 13.2. The van der Waals surface area contributed by atoms with E-state index in [2.05, 4.69) is 83.6 Å². The van der Waals surface area contributed by atoms with Gasteiger partial charge in [0, 0.05) is 17.0 Å². The second-order valence-corrected chi connectivity index (χ2v) is 14.8. The molecule has 6 aromatic carbocycles. The molecule has 0 saturated heterocycles. The van der Waals surface area contributed by atoms with Crippen molar-refractivity contribution in [3.8, 4) is 0 Å². The molecule has 252 valence electrons. The number of aryl methyl sites for hydroxylation is 2. The monoisotopic (exact) mass is 687 g/mol. The smallest absolute Gasteiger partial charge is 0.268 e. The van der Waals surface area contributed by atoms with Crippen LogP contribution in [0.5, 0.6) is 0 Å². The lowest BCUT2D eigenvalue weighted by molar-refractivity contribution is 0.167. The predicted octanol–water partition coefficient (Wildman–Crippen LogP) is 9.04. The third kappa shape index (κ3) is 5.65. The summed E-state index contributed by atoms with van der Waals surface area (Å²) >= 11 is 0. The van der Waals surface area contributed by atoms with Crippen LogP contribution in [0.25, 0.3) is 21.8 Å². The first-order valence-electron chi connectivity index (χ1n) is 17.1. The number of aliphatic hydroxyl groups excluding tert-OH is 1. The molecule has 0 bridgehead atoms. The standard InChI is InChI=1S/C44H37N3O3S/c1-32-21-25-38(26-22-32)51(49,50)47-41-20-12-11-19-39(41)40-27-23-33(29-42(40)47)43(48)28-24-37-30-46(31-45-37)44(34-13-5-2-6-14-34,35-15-7-3-8-16-35)36-17-9-4-10-18-36/h2-23,25-27,29-31,43,48H,24,28H2,1H3. The van der Waals surface area contributed by atoms with Gasteiger partial charge in [-0.25, -0.2) is 17.4 Å². The van der Waals surface area contributed by atoms with Crippen LogP contribution in [0.2, 0.25) is 0 Å². The lowest BCUT2D eigenvalue weighted by Gasteiger charge is -2.37. The highest BCUT2D eigenvalue weighted by Gasteiger charge is 2.38. The van der Waals surface area contributed by atoms with Gasteiger partial charge in [-0.2, -0.15) is 0 Å². The molecule has 8 aromatic rings. The molecule has 0 amide bonds. The fourth-order valence-electron chi connectivity index (χ4n) is 7.35. The molecule has 0 aliphatic carbocycles. The third-order valence-corrected chi connectivity index (χ3v) is 11.6. The van der Waals surface area contributed by atoms with Crippen LogP contribution in [0.15, 0.2) is 175 Å². The Morgan fingerprint density at radius 1 is 0.667 bits per heavy atom. The Hall–Kier alpha value is -5.76. The van der Waals surface area contributed by atoms with Gasteiger partial charge in [0.2, 0.25) is 0 Å². The van der Waals surface area contributed by atoms with Gasteiger partial charge < -0.3 is 9.67 Å². The molecule has 8 rings (SSSR count). The van der Waals surface area contributed by atoms with Gasteiger partial charge in [-0.3, -0.25) is 0 Å². The van der Waals surface area contributed by atoms with Crippen LogP contribution in [0.1, 0.15) is 46.0 Å². The number of imidazole rings is 1. The van der Waals surface area contributed by atoms with Crippen molar-refractivity contribution < 1.29 is 13.5 Å². The van der Waals surface area contributed by atoms with Gasteiger partial charge in [-0.1, -0.05) is 139 Å². The van der Waals surface area contributed by atoms with E-state index in [0.29, 0.717) is 29.4 Å². The Kier molecular flexibility index (Phi) is 8.38. The number of benzene rings is 6. The maximum Gasteiger partial charge on any atom is 0.268 e. The lowest BCUT2D eigenvalue weighted by atomic mass is 9.77. The van der Waals surface area contributed by atoms with E-state index in [1.54, 1.807) is 24.3 Å². The second-order valence-electron chi connectivity index (χ2n) is 13.0. The first kappa shape index (κ1) is 32.4. The molecule has 6 nitrogen and oxygen atoms in total. The maximum absolute atomic E-state index is 14.1. The van der Waals surface area contributed by atoms with E-state index >= 15 is 0 Å². The third-order valence-electron chi connectivity index (χ3n) is 9.87. The van der Waals surface area contributed by atoms with E-state index in [-0.39, 0.29) is 4.90 Å². The number of aromatic nitrogens is 3. The first-order chi connectivity index (χ1) is 24.9. The average Bonchev–Trinajstić information content (AvgIpc) is 3.79. The van der Waals surface area contributed by atoms with Gasteiger partial charge in [-0.15, -0.1) is 0 Å². The van der Waals surface area contributed by atoms with Gasteiger partial charge >= 0.3 is 0 Å². The van der Waals surface area contributed by atoms with Crippen molar-refractivity contribution in [2.75, 3.05) is 0 Å². The quantitative estimate of drug-likeness (QED) is 0.146. The maximum atomic E-state index is 14.1. The van der Waals surface area contributed by atoms with Crippen molar-refractivity contribution in [3.63, 3.8) is 0 Å². The van der Waals surface area contributed by atoms with Gasteiger partial charge in [0.05, 0.1) is 34.1 Å². The molecule has 0 aliphatic rings. The number of hydrogen-bond donors (Lipinski definition) is 1. The zero-order valence-electron chi connectivity index (χ0n) is 28.2. The predicted molar refractivity (Wildman–Crippen MR) is 203 cm³/mol. The Morgan fingerprint density at radius 2 is 1.22 bits per heavy atom. The van der Waals surface area contributed by atoms with Crippen molar-refractivity contribution in [2.24, 2.45) is 0 Å². The van der Waals surface area contributed by atoms with Gasteiger partial charge in [0.25, 0.3) is 10.0 Å².